The second-order valence-corrected chi connectivity index (χ2v) is 5.06. The first-order valence-corrected chi connectivity index (χ1v) is 6.69. The van der Waals surface area contributed by atoms with Crippen LogP contribution in [0.3, 0.4) is 0 Å². The first-order chi connectivity index (χ1) is 8.70. The van der Waals surface area contributed by atoms with Gasteiger partial charge >= 0.3 is 0 Å². The molecule has 2 aromatic rings. The van der Waals surface area contributed by atoms with Gasteiger partial charge in [-0.3, -0.25) is 0 Å². The number of aliphatic hydroxyl groups is 1. The van der Waals surface area contributed by atoms with E-state index in [2.05, 4.69) is 45.0 Å². The van der Waals surface area contributed by atoms with Crippen LogP contribution in [0, 0.1) is 6.92 Å². The number of halogens is 1. The number of aryl methyl sites for hydroxylation is 2. The minimum absolute atomic E-state index is 0.170. The van der Waals surface area contributed by atoms with Crippen LogP contribution in [0.5, 0.6) is 0 Å². The minimum Gasteiger partial charge on any atom is -0.396 e. The van der Waals surface area contributed by atoms with Crippen molar-refractivity contribution >= 4 is 15.9 Å². The number of aromatic nitrogens is 2. The summed E-state index contributed by atoms with van der Waals surface area (Å²) in [5.41, 5.74) is 3.22. The van der Waals surface area contributed by atoms with Gasteiger partial charge in [0, 0.05) is 29.3 Å². The molecule has 0 aliphatic heterocycles. The molecule has 0 amide bonds. The molecule has 18 heavy (non-hydrogen) atoms. The van der Waals surface area contributed by atoms with Gasteiger partial charge in [-0.2, -0.15) is 0 Å². The highest BCUT2D eigenvalue weighted by Gasteiger charge is 2.06. The van der Waals surface area contributed by atoms with Gasteiger partial charge in [-0.15, -0.1) is 0 Å². The quantitative estimate of drug-likeness (QED) is 0.944. The molecule has 0 unspecified atom stereocenters. The summed E-state index contributed by atoms with van der Waals surface area (Å²) in [6.45, 7) is 2.24. The summed E-state index contributed by atoms with van der Waals surface area (Å²) in [6, 6.07) is 8.06. The number of benzene rings is 1. The first kappa shape index (κ1) is 13.2. The van der Waals surface area contributed by atoms with E-state index in [1.807, 2.05) is 12.1 Å². The molecule has 0 fully saturated rings. The number of hydrogen-bond acceptors (Lipinski definition) is 3. The lowest BCUT2D eigenvalue weighted by Gasteiger charge is -2.07. The van der Waals surface area contributed by atoms with Crippen LogP contribution < -0.4 is 0 Å². The molecular weight excluding hydrogens is 292 g/mol. The predicted octanol–water partition coefficient (Wildman–Crippen LogP) is 3.14. The maximum atomic E-state index is 8.83. The number of hydrogen-bond donors (Lipinski definition) is 1. The molecule has 0 radical (unpaired) electrons. The lowest BCUT2D eigenvalue weighted by Crippen LogP contribution is -1.98. The molecule has 1 aromatic heterocycles. The van der Waals surface area contributed by atoms with Gasteiger partial charge in [0.1, 0.15) is 5.82 Å². The number of nitrogens with zero attached hydrogens (tertiary/aromatic N) is 2. The Labute approximate surface area is 115 Å². The van der Waals surface area contributed by atoms with Crippen LogP contribution in [-0.4, -0.2) is 21.7 Å². The normalized spacial score (nSPS) is 10.6. The van der Waals surface area contributed by atoms with Gasteiger partial charge in [0.25, 0.3) is 0 Å². The largest absolute Gasteiger partial charge is 0.396 e. The fraction of sp³-hybridized carbons (Fsp3) is 0.286. The predicted molar refractivity (Wildman–Crippen MR) is 75.3 cm³/mol. The van der Waals surface area contributed by atoms with E-state index in [9.17, 15) is 0 Å². The van der Waals surface area contributed by atoms with E-state index in [0.29, 0.717) is 12.8 Å². The van der Waals surface area contributed by atoms with Crippen molar-refractivity contribution in [2.75, 3.05) is 6.61 Å². The Hall–Kier alpha value is -1.26. The highest BCUT2D eigenvalue weighted by molar-refractivity contribution is 9.10. The molecule has 1 N–H and O–H groups in total. The summed E-state index contributed by atoms with van der Waals surface area (Å²) in [7, 11) is 0. The van der Waals surface area contributed by atoms with Crippen LogP contribution >= 0.6 is 15.9 Å². The number of rotatable bonds is 4. The molecule has 0 aliphatic rings. The third-order valence-corrected chi connectivity index (χ3v) is 3.23. The van der Waals surface area contributed by atoms with Gasteiger partial charge in [-0.1, -0.05) is 22.0 Å². The summed E-state index contributed by atoms with van der Waals surface area (Å²) < 4.78 is 1.04. The lowest BCUT2D eigenvalue weighted by molar-refractivity contribution is 0.287. The molecule has 2 rings (SSSR count). The van der Waals surface area contributed by atoms with Crippen molar-refractivity contribution in [1.29, 1.82) is 0 Å². The fourth-order valence-electron chi connectivity index (χ4n) is 1.78. The molecule has 0 bridgehead atoms. The van der Waals surface area contributed by atoms with Crippen molar-refractivity contribution in [3.8, 4) is 11.3 Å². The zero-order chi connectivity index (χ0) is 13.0. The molecule has 0 atom stereocenters. The SMILES string of the molecule is Cc1ccc(Br)cc1-c1ccnc(CCCO)n1. The lowest BCUT2D eigenvalue weighted by atomic mass is 10.1. The van der Waals surface area contributed by atoms with Crippen LogP contribution in [0.1, 0.15) is 17.8 Å². The van der Waals surface area contributed by atoms with Crippen LogP contribution in [0.15, 0.2) is 34.9 Å². The average Bonchev–Trinajstić information content (AvgIpc) is 2.39. The zero-order valence-corrected chi connectivity index (χ0v) is 11.8. The van der Waals surface area contributed by atoms with Crippen LogP contribution in [-0.2, 0) is 6.42 Å². The van der Waals surface area contributed by atoms with Crippen molar-refractivity contribution in [2.24, 2.45) is 0 Å². The van der Waals surface area contributed by atoms with E-state index in [-0.39, 0.29) is 6.61 Å². The van der Waals surface area contributed by atoms with Crippen molar-refractivity contribution < 1.29 is 5.11 Å². The smallest absolute Gasteiger partial charge is 0.129 e. The van der Waals surface area contributed by atoms with Gasteiger partial charge in [0.15, 0.2) is 0 Å². The maximum absolute atomic E-state index is 8.83. The molecule has 3 nitrogen and oxygen atoms in total. The zero-order valence-electron chi connectivity index (χ0n) is 10.2. The maximum Gasteiger partial charge on any atom is 0.129 e. The van der Waals surface area contributed by atoms with E-state index >= 15 is 0 Å². The Morgan fingerprint density at radius 1 is 1.28 bits per heavy atom. The Bertz CT molecular complexity index is 543. The molecule has 0 aliphatic carbocycles. The molecular formula is C14H15BrN2O. The highest BCUT2D eigenvalue weighted by Crippen LogP contribution is 2.25. The monoisotopic (exact) mass is 306 g/mol. The van der Waals surface area contributed by atoms with Crippen molar-refractivity contribution in [1.82, 2.24) is 9.97 Å². The van der Waals surface area contributed by atoms with Crippen LogP contribution in [0.25, 0.3) is 11.3 Å². The molecule has 0 spiro atoms. The summed E-state index contributed by atoms with van der Waals surface area (Å²) in [6.07, 6.45) is 3.17. The summed E-state index contributed by atoms with van der Waals surface area (Å²) in [4.78, 5) is 8.76. The van der Waals surface area contributed by atoms with Crippen molar-refractivity contribution in [3.05, 3.63) is 46.3 Å². The van der Waals surface area contributed by atoms with E-state index in [0.717, 1.165) is 21.6 Å². The molecule has 0 saturated heterocycles. The van der Waals surface area contributed by atoms with Crippen molar-refractivity contribution in [2.45, 2.75) is 19.8 Å². The van der Waals surface area contributed by atoms with E-state index in [1.54, 1.807) is 6.20 Å². The topological polar surface area (TPSA) is 46.0 Å². The number of aliphatic hydroxyl groups excluding tert-OH is 1. The second-order valence-electron chi connectivity index (χ2n) is 4.14. The molecule has 94 valence electrons. The minimum atomic E-state index is 0.170. The summed E-state index contributed by atoms with van der Waals surface area (Å²) in [5.74, 6) is 0.779. The highest BCUT2D eigenvalue weighted by atomic mass is 79.9. The first-order valence-electron chi connectivity index (χ1n) is 5.90. The van der Waals surface area contributed by atoms with Gasteiger partial charge in [-0.25, -0.2) is 9.97 Å². The van der Waals surface area contributed by atoms with Crippen molar-refractivity contribution in [3.63, 3.8) is 0 Å². The average molecular weight is 307 g/mol. The standard InChI is InChI=1S/C14H15BrN2O/c1-10-4-5-11(15)9-12(10)13-6-7-16-14(17-13)3-2-8-18/h4-7,9,18H,2-3,8H2,1H3. The Morgan fingerprint density at radius 2 is 2.11 bits per heavy atom. The third kappa shape index (κ3) is 3.15. The molecule has 4 heteroatoms. The van der Waals surface area contributed by atoms with E-state index < -0.39 is 0 Å². The van der Waals surface area contributed by atoms with Crippen LogP contribution in [0.2, 0.25) is 0 Å². The van der Waals surface area contributed by atoms with Gasteiger partial charge in [-0.05, 0) is 37.1 Å². The third-order valence-electron chi connectivity index (χ3n) is 2.74. The summed E-state index contributed by atoms with van der Waals surface area (Å²) >= 11 is 3.48. The molecule has 1 heterocycles. The Balaban J connectivity index is 2.35. The second kappa shape index (κ2) is 6.07. The van der Waals surface area contributed by atoms with Crippen LogP contribution in [0.4, 0.5) is 0 Å². The Morgan fingerprint density at radius 3 is 2.89 bits per heavy atom. The van der Waals surface area contributed by atoms with Gasteiger partial charge in [0.05, 0.1) is 5.69 Å². The Kier molecular flexibility index (Phi) is 4.44. The molecule has 1 aromatic carbocycles. The van der Waals surface area contributed by atoms with E-state index in [4.69, 9.17) is 5.11 Å². The molecule has 0 saturated carbocycles. The van der Waals surface area contributed by atoms with Gasteiger partial charge in [0.2, 0.25) is 0 Å². The fourth-order valence-corrected chi connectivity index (χ4v) is 2.14. The summed E-state index contributed by atoms with van der Waals surface area (Å²) in [5, 5.41) is 8.83. The van der Waals surface area contributed by atoms with E-state index in [1.165, 1.54) is 5.56 Å². The van der Waals surface area contributed by atoms with Gasteiger partial charge < -0.3 is 5.11 Å².